The molecule has 1 aromatic heterocycles. The summed E-state index contributed by atoms with van der Waals surface area (Å²) in [6, 6.07) is 4.36. The summed E-state index contributed by atoms with van der Waals surface area (Å²) in [7, 11) is 0. The van der Waals surface area contributed by atoms with Crippen LogP contribution in [0.25, 0.3) is 0 Å². The molecule has 0 atom stereocenters. The number of carbonyl (C=O) groups is 2. The van der Waals surface area contributed by atoms with Crippen LogP contribution in [0, 0.1) is 12.7 Å². The van der Waals surface area contributed by atoms with E-state index in [9.17, 15) is 14.0 Å². The van der Waals surface area contributed by atoms with Gasteiger partial charge in [-0.25, -0.2) is 24.2 Å². The van der Waals surface area contributed by atoms with Crippen molar-refractivity contribution in [3.05, 3.63) is 41.5 Å². The molecule has 2 heterocycles. The van der Waals surface area contributed by atoms with E-state index in [-0.39, 0.29) is 48.4 Å². The van der Waals surface area contributed by atoms with E-state index in [2.05, 4.69) is 9.97 Å². The fourth-order valence-corrected chi connectivity index (χ4v) is 3.90. The quantitative estimate of drug-likeness (QED) is 0.401. The number of piperidine rings is 1. The minimum absolute atomic E-state index is 0.00368. The van der Waals surface area contributed by atoms with Crippen LogP contribution in [0.5, 0.6) is 17.5 Å². The van der Waals surface area contributed by atoms with Gasteiger partial charge in [0.05, 0.1) is 24.2 Å². The molecule has 1 fully saturated rings. The molecule has 0 unspecified atom stereocenters. The van der Waals surface area contributed by atoms with E-state index in [1.165, 1.54) is 23.5 Å². The van der Waals surface area contributed by atoms with Crippen molar-refractivity contribution in [2.24, 2.45) is 0 Å². The number of amides is 2. The second kappa shape index (κ2) is 13.4. The maximum atomic E-state index is 14.9. The molecule has 208 valence electrons. The van der Waals surface area contributed by atoms with Crippen LogP contribution in [-0.2, 0) is 20.8 Å². The minimum Gasteiger partial charge on any atom is -0.474 e. The Morgan fingerprint density at radius 2 is 1.79 bits per heavy atom. The van der Waals surface area contributed by atoms with Crippen molar-refractivity contribution in [2.45, 2.75) is 79.1 Å². The number of likely N-dealkylation sites (tertiary alicyclic amines) is 1. The van der Waals surface area contributed by atoms with E-state index in [0.717, 1.165) is 0 Å². The number of hydrogen-bond acceptors (Lipinski definition) is 8. The zero-order valence-electron chi connectivity index (χ0n) is 22.9. The van der Waals surface area contributed by atoms with Crippen molar-refractivity contribution in [1.82, 2.24) is 19.9 Å². The van der Waals surface area contributed by atoms with Gasteiger partial charge in [0.15, 0.2) is 11.6 Å². The summed E-state index contributed by atoms with van der Waals surface area (Å²) in [5.74, 6) is -0.407. The first-order chi connectivity index (χ1) is 18.1. The van der Waals surface area contributed by atoms with Crippen LogP contribution in [0.1, 0.15) is 58.6 Å². The highest BCUT2D eigenvalue weighted by atomic mass is 19.1. The van der Waals surface area contributed by atoms with Crippen LogP contribution < -0.4 is 9.47 Å². The van der Waals surface area contributed by atoms with Gasteiger partial charge in [-0.1, -0.05) is 6.07 Å². The molecule has 38 heavy (non-hydrogen) atoms. The molecule has 0 saturated carbocycles. The molecule has 3 rings (SSSR count). The topological polar surface area (TPSA) is 103 Å². The predicted molar refractivity (Wildman–Crippen MR) is 137 cm³/mol. The Kier molecular flexibility index (Phi) is 10.2. The zero-order chi connectivity index (χ0) is 27.8. The molecule has 0 spiro atoms. The smallest absolute Gasteiger partial charge is 0.410 e. The minimum atomic E-state index is -0.621. The highest BCUT2D eigenvalue weighted by Gasteiger charge is 2.26. The average Bonchev–Trinajstić information content (AvgIpc) is 2.86. The number of halogens is 1. The van der Waals surface area contributed by atoms with Gasteiger partial charge in [-0.05, 0) is 59.2 Å². The largest absolute Gasteiger partial charge is 0.474 e. The number of ether oxygens (including phenoxy) is 3. The van der Waals surface area contributed by atoms with Crippen molar-refractivity contribution in [3.8, 4) is 17.5 Å². The fourth-order valence-electron chi connectivity index (χ4n) is 3.90. The van der Waals surface area contributed by atoms with Gasteiger partial charge in [0.25, 0.3) is 5.91 Å². The van der Waals surface area contributed by atoms with Crippen molar-refractivity contribution in [1.29, 1.82) is 0 Å². The summed E-state index contributed by atoms with van der Waals surface area (Å²) in [4.78, 5) is 40.1. The third-order valence-electron chi connectivity index (χ3n) is 5.77. The lowest BCUT2D eigenvalue weighted by Gasteiger charge is -2.31. The lowest BCUT2D eigenvalue weighted by Crippen LogP contribution is -2.42. The summed E-state index contributed by atoms with van der Waals surface area (Å²) in [5, 5.41) is 1.28. The molecule has 1 aliphatic heterocycles. The van der Waals surface area contributed by atoms with Crippen molar-refractivity contribution < 1.29 is 33.0 Å². The Morgan fingerprint density at radius 1 is 1.11 bits per heavy atom. The van der Waals surface area contributed by atoms with E-state index in [1.807, 2.05) is 34.6 Å². The highest BCUT2D eigenvalue weighted by Crippen LogP contribution is 2.31. The average molecular weight is 533 g/mol. The summed E-state index contributed by atoms with van der Waals surface area (Å²) in [5.41, 5.74) is 1.02. The number of hydrogen-bond donors (Lipinski definition) is 0. The molecule has 1 aliphatic rings. The fraction of sp³-hybridized carbons (Fsp3) is 0.556. The zero-order valence-corrected chi connectivity index (χ0v) is 22.9. The molecule has 0 radical (unpaired) electrons. The van der Waals surface area contributed by atoms with Gasteiger partial charge in [-0.2, -0.15) is 0 Å². The summed E-state index contributed by atoms with van der Waals surface area (Å²) < 4.78 is 31.9. The van der Waals surface area contributed by atoms with Crippen LogP contribution in [0.15, 0.2) is 24.5 Å². The Labute approximate surface area is 223 Å². The number of rotatable bonds is 10. The molecule has 1 aromatic carbocycles. The third-order valence-corrected chi connectivity index (χ3v) is 5.77. The number of hydroxylamine groups is 2. The van der Waals surface area contributed by atoms with E-state index < -0.39 is 5.82 Å². The van der Waals surface area contributed by atoms with E-state index in [0.29, 0.717) is 49.5 Å². The van der Waals surface area contributed by atoms with E-state index in [1.54, 1.807) is 17.9 Å². The van der Waals surface area contributed by atoms with E-state index >= 15 is 0 Å². The molecule has 0 N–H and O–H groups in total. The Bertz CT molecular complexity index is 1100. The number of nitrogens with zero attached hydrogens (tertiary/aromatic N) is 4. The molecule has 11 heteroatoms. The lowest BCUT2D eigenvalue weighted by molar-refractivity contribution is -0.198. The maximum Gasteiger partial charge on any atom is 0.410 e. The van der Waals surface area contributed by atoms with Gasteiger partial charge in [0.1, 0.15) is 12.4 Å². The first kappa shape index (κ1) is 29.1. The Balaban J connectivity index is 1.61. The summed E-state index contributed by atoms with van der Waals surface area (Å²) in [6.45, 7) is 12.3. The monoisotopic (exact) mass is 532 g/mol. The number of aromatic nitrogens is 2. The molecule has 2 aromatic rings. The van der Waals surface area contributed by atoms with Crippen LogP contribution in [-0.4, -0.2) is 69.9 Å². The molecule has 1 saturated heterocycles. The predicted octanol–water partition coefficient (Wildman–Crippen LogP) is 4.84. The Morgan fingerprint density at radius 3 is 2.39 bits per heavy atom. The van der Waals surface area contributed by atoms with Gasteiger partial charge >= 0.3 is 6.09 Å². The number of carbonyl (C=O) groups excluding carboxylic acids is 2. The first-order valence-corrected chi connectivity index (χ1v) is 12.9. The standard InChI is InChI=1S/C27H37FN4O6/c1-7-32(38-18(4)5)24(33)15-20-8-9-23(22(28)14-20)37-26-19(6)25(29-16-30-26)36-21-10-12-31(13-11-21)27(34)35-17(2)3/h8-9,14,16-18,21H,7,10-13,15H2,1-6H3. The molecular formula is C27H37FN4O6. The summed E-state index contributed by atoms with van der Waals surface area (Å²) in [6.07, 6.45) is 1.77. The van der Waals surface area contributed by atoms with Crippen molar-refractivity contribution in [3.63, 3.8) is 0 Å². The SMILES string of the molecule is CCN(OC(C)C)C(=O)Cc1ccc(Oc2ncnc(OC3CCN(C(=O)OC(C)C)CC3)c2C)c(F)c1. The third kappa shape index (κ3) is 8.01. The second-order valence-electron chi connectivity index (χ2n) is 9.63. The second-order valence-corrected chi connectivity index (χ2v) is 9.63. The normalized spacial score (nSPS) is 14.1. The molecule has 0 bridgehead atoms. The van der Waals surface area contributed by atoms with Crippen LogP contribution in [0.2, 0.25) is 0 Å². The van der Waals surface area contributed by atoms with Crippen LogP contribution in [0.4, 0.5) is 9.18 Å². The van der Waals surface area contributed by atoms with Gasteiger partial charge in [-0.15, -0.1) is 0 Å². The first-order valence-electron chi connectivity index (χ1n) is 12.9. The Hall–Kier alpha value is -3.47. The van der Waals surface area contributed by atoms with Crippen LogP contribution >= 0.6 is 0 Å². The van der Waals surface area contributed by atoms with Gasteiger partial charge in [0.2, 0.25) is 11.8 Å². The maximum absolute atomic E-state index is 14.9. The van der Waals surface area contributed by atoms with Crippen LogP contribution in [0.3, 0.4) is 0 Å². The van der Waals surface area contributed by atoms with Gasteiger partial charge in [-0.3, -0.25) is 9.63 Å². The number of likely N-dealkylation sites (N-methyl/N-ethyl adjacent to an activating group) is 1. The molecular weight excluding hydrogens is 495 g/mol. The molecule has 0 aliphatic carbocycles. The highest BCUT2D eigenvalue weighted by molar-refractivity contribution is 5.77. The van der Waals surface area contributed by atoms with Gasteiger partial charge in [0, 0.05) is 32.5 Å². The lowest BCUT2D eigenvalue weighted by atomic mass is 10.1. The molecule has 10 nitrogen and oxygen atoms in total. The van der Waals surface area contributed by atoms with Crippen molar-refractivity contribution >= 4 is 12.0 Å². The van der Waals surface area contributed by atoms with Crippen molar-refractivity contribution in [2.75, 3.05) is 19.6 Å². The van der Waals surface area contributed by atoms with E-state index in [4.69, 9.17) is 19.0 Å². The molecule has 2 amide bonds. The number of benzene rings is 1. The van der Waals surface area contributed by atoms with Gasteiger partial charge < -0.3 is 19.1 Å². The summed E-state index contributed by atoms with van der Waals surface area (Å²) >= 11 is 0.